The Kier molecular flexibility index (Phi) is 5.80. The van der Waals surface area contributed by atoms with Crippen LogP contribution in [0.15, 0.2) is 23.0 Å². The Morgan fingerprint density at radius 3 is 2.47 bits per heavy atom. The van der Waals surface area contributed by atoms with E-state index in [-0.39, 0.29) is 12.8 Å². The fourth-order valence-corrected chi connectivity index (χ4v) is 6.46. The summed E-state index contributed by atoms with van der Waals surface area (Å²) in [5.41, 5.74) is -1.51. The zero-order valence-electron chi connectivity index (χ0n) is 18.8. The summed E-state index contributed by atoms with van der Waals surface area (Å²) >= 11 is 0. The third-order valence-electron chi connectivity index (χ3n) is 7.98. The lowest BCUT2D eigenvalue weighted by Crippen LogP contribution is -2.65. The van der Waals surface area contributed by atoms with Gasteiger partial charge in [-0.25, -0.2) is 4.79 Å². The van der Waals surface area contributed by atoms with Crippen LogP contribution >= 0.6 is 0 Å². The van der Waals surface area contributed by atoms with Gasteiger partial charge >= 0.3 is 24.1 Å². The van der Waals surface area contributed by atoms with Crippen LogP contribution in [0.1, 0.15) is 51.2 Å². The first-order chi connectivity index (χ1) is 15.8. The number of ketones is 1. The Balaban J connectivity index is 1.78. The van der Waals surface area contributed by atoms with E-state index in [1.165, 1.54) is 12.5 Å². The van der Waals surface area contributed by atoms with E-state index in [4.69, 9.17) is 13.9 Å². The van der Waals surface area contributed by atoms with Crippen LogP contribution in [0, 0.1) is 28.6 Å². The van der Waals surface area contributed by atoms with Crippen LogP contribution in [-0.2, 0) is 33.4 Å². The maximum Gasteiger partial charge on any atom is 0.490 e. The Bertz CT molecular complexity index is 1000. The van der Waals surface area contributed by atoms with Crippen LogP contribution < -0.4 is 0 Å². The minimum absolute atomic E-state index is 0.183. The highest BCUT2D eigenvalue weighted by atomic mass is 19.4. The molecule has 11 heteroatoms. The predicted molar refractivity (Wildman–Crippen MR) is 106 cm³/mol. The number of Topliss-reactive ketones (excluding diaryl/α,β-unsaturated/α-hetero) is 1. The quantitative estimate of drug-likeness (QED) is 0.472. The molecule has 186 valence electrons. The zero-order chi connectivity index (χ0) is 25.1. The molecule has 0 N–H and O–H groups in total. The standard InChI is InChI=1S/C23H25F3O8/c1-21-6-4-12-19(29)33-15(11-5-7-32-10-11)9-22(12,2)17(21)16(27)14(8-13(21)18(28)31-3)34-20(30)23(24,25)26/h5,7,10,12-15,17H,4,6,8-9H2,1-3H3/t12-,13-,14-,15-,17?,21-,22-/m0/s1. The predicted octanol–water partition coefficient (Wildman–Crippen LogP) is 3.54. The summed E-state index contributed by atoms with van der Waals surface area (Å²) in [4.78, 5) is 51.0. The molecule has 0 aromatic carbocycles. The zero-order valence-corrected chi connectivity index (χ0v) is 18.8. The number of cyclic esters (lactones) is 1. The van der Waals surface area contributed by atoms with Crippen LogP contribution in [0.3, 0.4) is 0 Å². The van der Waals surface area contributed by atoms with Gasteiger partial charge in [-0.1, -0.05) is 13.8 Å². The second-order valence-corrected chi connectivity index (χ2v) is 9.83. The molecule has 1 unspecified atom stereocenters. The van der Waals surface area contributed by atoms with Crippen LogP contribution in [0.5, 0.6) is 0 Å². The molecule has 0 radical (unpaired) electrons. The van der Waals surface area contributed by atoms with Crippen molar-refractivity contribution < 1.29 is 51.0 Å². The van der Waals surface area contributed by atoms with Gasteiger partial charge in [0.05, 0.1) is 31.5 Å². The molecule has 34 heavy (non-hydrogen) atoms. The summed E-state index contributed by atoms with van der Waals surface area (Å²) in [5, 5.41) is 0. The monoisotopic (exact) mass is 486 g/mol. The van der Waals surface area contributed by atoms with E-state index in [9.17, 15) is 32.3 Å². The van der Waals surface area contributed by atoms with E-state index in [1.807, 2.05) is 0 Å². The molecule has 1 aliphatic heterocycles. The van der Waals surface area contributed by atoms with Crippen molar-refractivity contribution in [2.24, 2.45) is 28.6 Å². The minimum Gasteiger partial charge on any atom is -0.472 e. The van der Waals surface area contributed by atoms with Crippen molar-refractivity contribution >= 4 is 23.7 Å². The molecular formula is C23H25F3O8. The van der Waals surface area contributed by atoms with E-state index < -0.39 is 77.1 Å². The number of halogens is 3. The van der Waals surface area contributed by atoms with Gasteiger partial charge in [0.15, 0.2) is 11.9 Å². The second-order valence-electron chi connectivity index (χ2n) is 9.83. The van der Waals surface area contributed by atoms with Gasteiger partial charge in [-0.2, -0.15) is 13.2 Å². The van der Waals surface area contributed by atoms with Crippen molar-refractivity contribution in [3.05, 3.63) is 24.2 Å². The summed E-state index contributed by atoms with van der Waals surface area (Å²) in [7, 11) is 1.15. The number of hydrogen-bond acceptors (Lipinski definition) is 8. The number of ether oxygens (including phenoxy) is 3. The molecule has 0 spiro atoms. The van der Waals surface area contributed by atoms with Gasteiger partial charge in [0.1, 0.15) is 6.10 Å². The fraction of sp³-hybridized carbons (Fsp3) is 0.652. The second kappa shape index (κ2) is 8.13. The number of esters is 3. The molecule has 2 saturated carbocycles. The highest BCUT2D eigenvalue weighted by Crippen LogP contribution is 2.65. The molecule has 4 rings (SSSR count). The van der Waals surface area contributed by atoms with Gasteiger partial charge in [-0.05, 0) is 36.2 Å². The number of methoxy groups -OCH3 is 1. The van der Waals surface area contributed by atoms with Gasteiger partial charge in [-0.15, -0.1) is 0 Å². The van der Waals surface area contributed by atoms with Gasteiger partial charge in [0, 0.05) is 17.9 Å². The molecule has 3 aliphatic rings. The van der Waals surface area contributed by atoms with Crippen molar-refractivity contribution in [3.8, 4) is 0 Å². The van der Waals surface area contributed by atoms with Crippen molar-refractivity contribution in [2.45, 2.75) is 57.9 Å². The van der Waals surface area contributed by atoms with E-state index in [2.05, 4.69) is 4.74 Å². The van der Waals surface area contributed by atoms with E-state index >= 15 is 0 Å². The average Bonchev–Trinajstić information content (AvgIpc) is 3.28. The average molecular weight is 486 g/mol. The van der Waals surface area contributed by atoms with Crippen molar-refractivity contribution in [1.29, 1.82) is 0 Å². The topological polar surface area (TPSA) is 109 Å². The number of alkyl halides is 3. The van der Waals surface area contributed by atoms with Crippen molar-refractivity contribution in [3.63, 3.8) is 0 Å². The van der Waals surface area contributed by atoms with E-state index in [1.54, 1.807) is 19.9 Å². The lowest BCUT2D eigenvalue weighted by atomic mass is 9.43. The summed E-state index contributed by atoms with van der Waals surface area (Å²) in [6, 6.07) is 1.62. The van der Waals surface area contributed by atoms with E-state index in [0.29, 0.717) is 12.0 Å². The van der Waals surface area contributed by atoms with Crippen LogP contribution in [0.25, 0.3) is 0 Å². The SMILES string of the molecule is COC(=O)[C@@H]1C[C@H](OC(=O)C(F)(F)F)C(=O)C2[C@@]1(C)CC[C@H]1C(=O)O[C@H](c3ccoc3)C[C@]21C. The number of carbonyl (C=O) groups excluding carboxylic acids is 4. The number of fused-ring (bicyclic) bond motifs is 3. The van der Waals surface area contributed by atoms with Gasteiger partial charge in [0.2, 0.25) is 0 Å². The molecular weight excluding hydrogens is 461 g/mol. The number of carbonyl (C=O) groups is 4. The van der Waals surface area contributed by atoms with Gasteiger partial charge in [-0.3, -0.25) is 14.4 Å². The molecule has 1 aromatic rings. The lowest BCUT2D eigenvalue weighted by molar-refractivity contribution is -0.221. The largest absolute Gasteiger partial charge is 0.490 e. The summed E-state index contributed by atoms with van der Waals surface area (Å²) in [6.45, 7) is 3.43. The first-order valence-corrected chi connectivity index (χ1v) is 10.9. The Hall–Kier alpha value is -2.85. The summed E-state index contributed by atoms with van der Waals surface area (Å²) < 4.78 is 59.0. The van der Waals surface area contributed by atoms with Crippen molar-refractivity contribution in [1.82, 2.24) is 0 Å². The first kappa shape index (κ1) is 24.3. The maximum absolute atomic E-state index is 13.7. The van der Waals surface area contributed by atoms with Gasteiger partial charge < -0.3 is 18.6 Å². The number of hydrogen-bond donors (Lipinski definition) is 0. The Labute approximate surface area is 193 Å². The molecule has 8 nitrogen and oxygen atoms in total. The highest BCUT2D eigenvalue weighted by Gasteiger charge is 2.68. The molecule has 0 amide bonds. The first-order valence-electron chi connectivity index (χ1n) is 10.9. The molecule has 2 heterocycles. The van der Waals surface area contributed by atoms with E-state index in [0.717, 1.165) is 7.11 Å². The van der Waals surface area contributed by atoms with Crippen LogP contribution in [-0.4, -0.2) is 43.1 Å². The fourth-order valence-electron chi connectivity index (χ4n) is 6.46. The smallest absolute Gasteiger partial charge is 0.472 e. The van der Waals surface area contributed by atoms with Crippen LogP contribution in [0.2, 0.25) is 0 Å². The molecule has 3 fully saturated rings. The number of furan rings is 1. The highest BCUT2D eigenvalue weighted by molar-refractivity contribution is 5.93. The summed E-state index contributed by atoms with van der Waals surface area (Å²) in [5.74, 6) is -7.24. The van der Waals surface area contributed by atoms with Gasteiger partial charge in [0.25, 0.3) is 0 Å². The molecule has 2 aliphatic carbocycles. The Morgan fingerprint density at radius 2 is 1.88 bits per heavy atom. The minimum atomic E-state index is -5.30. The van der Waals surface area contributed by atoms with Crippen LogP contribution in [0.4, 0.5) is 13.2 Å². The molecule has 7 atom stereocenters. The molecule has 1 saturated heterocycles. The maximum atomic E-state index is 13.7. The van der Waals surface area contributed by atoms with Crippen molar-refractivity contribution in [2.75, 3.05) is 7.11 Å². The molecule has 0 bridgehead atoms. The lowest BCUT2D eigenvalue weighted by Gasteiger charge is -2.60. The third-order valence-corrected chi connectivity index (χ3v) is 7.98. The normalized spacial score (nSPS) is 37.8. The third kappa shape index (κ3) is 3.69. The Morgan fingerprint density at radius 1 is 1.18 bits per heavy atom. The number of rotatable bonds is 3. The molecule has 1 aromatic heterocycles. The summed E-state index contributed by atoms with van der Waals surface area (Å²) in [6.07, 6.45) is -4.65.